The number of aliphatic hydroxyl groups is 1. The number of hydrogen-bond acceptors (Lipinski definition) is 4. The van der Waals surface area contributed by atoms with Crippen molar-refractivity contribution in [2.45, 2.75) is 4.90 Å². The third-order valence-electron chi connectivity index (χ3n) is 2.36. The molecule has 1 amide bonds. The van der Waals surface area contributed by atoms with Crippen molar-refractivity contribution in [1.82, 2.24) is 4.90 Å². The van der Waals surface area contributed by atoms with Crippen LogP contribution >= 0.6 is 12.6 Å². The van der Waals surface area contributed by atoms with E-state index < -0.39 is 0 Å². The summed E-state index contributed by atoms with van der Waals surface area (Å²) >= 11 is 4.25. The standard InChI is InChI=1S/C12H17NO3S/c1-16-9-7-13(6-8-14)12(15)10-4-2-3-5-11(10)17/h2-5,14,17H,6-9H2,1H3. The molecule has 0 atom stereocenters. The van der Waals surface area contributed by atoms with Crippen molar-refractivity contribution in [3.63, 3.8) is 0 Å². The minimum atomic E-state index is -0.137. The van der Waals surface area contributed by atoms with Gasteiger partial charge in [0.05, 0.1) is 18.8 Å². The van der Waals surface area contributed by atoms with Gasteiger partial charge in [-0.2, -0.15) is 0 Å². The van der Waals surface area contributed by atoms with Crippen molar-refractivity contribution in [3.05, 3.63) is 29.8 Å². The molecule has 0 saturated carbocycles. The van der Waals surface area contributed by atoms with Gasteiger partial charge in [-0.3, -0.25) is 4.79 Å². The van der Waals surface area contributed by atoms with E-state index in [1.807, 2.05) is 6.07 Å². The fourth-order valence-corrected chi connectivity index (χ4v) is 1.72. The van der Waals surface area contributed by atoms with Gasteiger partial charge in [-0.1, -0.05) is 12.1 Å². The zero-order chi connectivity index (χ0) is 12.7. The Morgan fingerprint density at radius 2 is 2.12 bits per heavy atom. The van der Waals surface area contributed by atoms with Crippen molar-refractivity contribution in [2.75, 3.05) is 33.4 Å². The molecule has 0 saturated heterocycles. The number of methoxy groups -OCH3 is 1. The summed E-state index contributed by atoms with van der Waals surface area (Å²) in [7, 11) is 1.58. The Bertz CT molecular complexity index is 371. The van der Waals surface area contributed by atoms with Gasteiger partial charge in [0.1, 0.15) is 0 Å². The van der Waals surface area contributed by atoms with Crippen LogP contribution < -0.4 is 0 Å². The number of rotatable bonds is 6. The maximum Gasteiger partial charge on any atom is 0.255 e. The number of benzene rings is 1. The Morgan fingerprint density at radius 1 is 1.41 bits per heavy atom. The maximum absolute atomic E-state index is 12.2. The largest absolute Gasteiger partial charge is 0.395 e. The van der Waals surface area contributed by atoms with E-state index >= 15 is 0 Å². The highest BCUT2D eigenvalue weighted by atomic mass is 32.1. The molecule has 0 unspecified atom stereocenters. The molecule has 5 heteroatoms. The van der Waals surface area contributed by atoms with Crippen LogP contribution in [0.15, 0.2) is 29.2 Å². The first-order valence-electron chi connectivity index (χ1n) is 5.37. The van der Waals surface area contributed by atoms with E-state index in [1.165, 1.54) is 0 Å². The molecule has 0 fully saturated rings. The van der Waals surface area contributed by atoms with Crippen molar-refractivity contribution >= 4 is 18.5 Å². The molecule has 1 aromatic rings. The fraction of sp³-hybridized carbons (Fsp3) is 0.417. The first kappa shape index (κ1) is 14.0. The molecule has 0 aliphatic carbocycles. The Morgan fingerprint density at radius 3 is 2.71 bits per heavy atom. The minimum absolute atomic E-state index is 0.0653. The summed E-state index contributed by atoms with van der Waals surface area (Å²) in [6, 6.07) is 7.11. The minimum Gasteiger partial charge on any atom is -0.395 e. The van der Waals surface area contributed by atoms with E-state index in [0.717, 1.165) is 0 Å². The van der Waals surface area contributed by atoms with Gasteiger partial charge in [0, 0.05) is 25.1 Å². The lowest BCUT2D eigenvalue weighted by atomic mass is 10.2. The SMILES string of the molecule is COCCN(CCO)C(=O)c1ccccc1S. The monoisotopic (exact) mass is 255 g/mol. The molecule has 0 spiro atoms. The van der Waals surface area contributed by atoms with Crippen LogP contribution in [0.2, 0.25) is 0 Å². The lowest BCUT2D eigenvalue weighted by Gasteiger charge is -2.22. The molecule has 0 aliphatic heterocycles. The summed E-state index contributed by atoms with van der Waals surface area (Å²) in [4.78, 5) is 14.4. The van der Waals surface area contributed by atoms with Crippen LogP contribution in [0.4, 0.5) is 0 Å². The Labute approximate surface area is 107 Å². The van der Waals surface area contributed by atoms with Crippen LogP contribution in [0.3, 0.4) is 0 Å². The zero-order valence-corrected chi connectivity index (χ0v) is 10.7. The molecule has 1 aromatic carbocycles. The quantitative estimate of drug-likeness (QED) is 0.747. The van der Waals surface area contributed by atoms with Crippen molar-refractivity contribution in [2.24, 2.45) is 0 Å². The van der Waals surface area contributed by atoms with E-state index in [4.69, 9.17) is 9.84 Å². The third-order valence-corrected chi connectivity index (χ3v) is 2.75. The van der Waals surface area contributed by atoms with E-state index in [1.54, 1.807) is 30.2 Å². The van der Waals surface area contributed by atoms with Gasteiger partial charge < -0.3 is 14.7 Å². The average molecular weight is 255 g/mol. The molecule has 94 valence electrons. The number of aliphatic hydroxyl groups excluding tert-OH is 1. The van der Waals surface area contributed by atoms with Gasteiger partial charge in [-0.25, -0.2) is 0 Å². The smallest absolute Gasteiger partial charge is 0.255 e. The number of ether oxygens (including phenoxy) is 1. The second-order valence-corrected chi connectivity index (χ2v) is 4.01. The zero-order valence-electron chi connectivity index (χ0n) is 9.80. The molecular weight excluding hydrogens is 238 g/mol. The molecule has 0 heterocycles. The average Bonchev–Trinajstić information content (AvgIpc) is 2.34. The Balaban J connectivity index is 2.80. The molecule has 1 N–H and O–H groups in total. The van der Waals surface area contributed by atoms with Crippen molar-refractivity contribution in [3.8, 4) is 0 Å². The topological polar surface area (TPSA) is 49.8 Å². The molecule has 17 heavy (non-hydrogen) atoms. The molecule has 0 aromatic heterocycles. The Kier molecular flexibility index (Phi) is 6.04. The third kappa shape index (κ3) is 4.03. The highest BCUT2D eigenvalue weighted by molar-refractivity contribution is 7.80. The van der Waals surface area contributed by atoms with Gasteiger partial charge in [0.2, 0.25) is 0 Å². The fourth-order valence-electron chi connectivity index (χ4n) is 1.46. The highest BCUT2D eigenvalue weighted by Gasteiger charge is 2.16. The summed E-state index contributed by atoms with van der Waals surface area (Å²) in [5, 5.41) is 8.95. The van der Waals surface area contributed by atoms with E-state index in [2.05, 4.69) is 12.6 Å². The highest BCUT2D eigenvalue weighted by Crippen LogP contribution is 2.15. The number of thiol groups is 1. The van der Waals surface area contributed by atoms with Gasteiger partial charge in [-0.15, -0.1) is 12.6 Å². The summed E-state index contributed by atoms with van der Waals surface area (Å²) in [5.41, 5.74) is 0.542. The predicted octanol–water partition coefficient (Wildman–Crippen LogP) is 1.06. The number of hydrogen-bond donors (Lipinski definition) is 2. The normalized spacial score (nSPS) is 10.3. The van der Waals surface area contributed by atoms with Gasteiger partial charge >= 0.3 is 0 Å². The van der Waals surface area contributed by atoms with Gasteiger partial charge in [-0.05, 0) is 12.1 Å². The lowest BCUT2D eigenvalue weighted by Crippen LogP contribution is -2.36. The second-order valence-electron chi connectivity index (χ2n) is 3.53. The van der Waals surface area contributed by atoms with Crippen molar-refractivity contribution < 1.29 is 14.6 Å². The van der Waals surface area contributed by atoms with Crippen LogP contribution in [-0.2, 0) is 4.74 Å². The van der Waals surface area contributed by atoms with Crippen LogP contribution in [0.5, 0.6) is 0 Å². The number of nitrogens with zero attached hydrogens (tertiary/aromatic N) is 1. The molecule has 1 rings (SSSR count). The Hall–Kier alpha value is -1.04. The summed E-state index contributed by atoms with van der Waals surface area (Å²) in [6.07, 6.45) is 0. The van der Waals surface area contributed by atoms with Crippen LogP contribution in [-0.4, -0.2) is 49.3 Å². The van der Waals surface area contributed by atoms with E-state index in [0.29, 0.717) is 30.2 Å². The van der Waals surface area contributed by atoms with E-state index in [9.17, 15) is 4.79 Å². The summed E-state index contributed by atoms with van der Waals surface area (Å²) in [6.45, 7) is 1.13. The number of carbonyl (C=O) groups is 1. The van der Waals surface area contributed by atoms with E-state index in [-0.39, 0.29) is 12.5 Å². The summed E-state index contributed by atoms with van der Waals surface area (Å²) in [5.74, 6) is -0.137. The molecule has 4 nitrogen and oxygen atoms in total. The van der Waals surface area contributed by atoms with Gasteiger partial charge in [0.15, 0.2) is 0 Å². The lowest BCUT2D eigenvalue weighted by molar-refractivity contribution is 0.0653. The molecular formula is C12H17NO3S. The number of amides is 1. The molecule has 0 radical (unpaired) electrons. The second kappa shape index (κ2) is 7.32. The first-order chi connectivity index (χ1) is 8.20. The van der Waals surface area contributed by atoms with Crippen LogP contribution in [0.25, 0.3) is 0 Å². The molecule has 0 aliphatic rings. The van der Waals surface area contributed by atoms with Crippen LogP contribution in [0, 0.1) is 0 Å². The molecule has 0 bridgehead atoms. The summed E-state index contributed by atoms with van der Waals surface area (Å²) < 4.78 is 4.94. The number of carbonyl (C=O) groups excluding carboxylic acids is 1. The van der Waals surface area contributed by atoms with Gasteiger partial charge in [0.25, 0.3) is 5.91 Å². The predicted molar refractivity (Wildman–Crippen MR) is 68.6 cm³/mol. The van der Waals surface area contributed by atoms with Crippen molar-refractivity contribution in [1.29, 1.82) is 0 Å². The maximum atomic E-state index is 12.2. The first-order valence-corrected chi connectivity index (χ1v) is 5.82. The van der Waals surface area contributed by atoms with Crippen LogP contribution in [0.1, 0.15) is 10.4 Å².